The van der Waals surface area contributed by atoms with Gasteiger partial charge >= 0.3 is 11.9 Å². The van der Waals surface area contributed by atoms with Gasteiger partial charge in [-0.3, -0.25) is 10.1 Å². The summed E-state index contributed by atoms with van der Waals surface area (Å²) < 4.78 is 10.3. The van der Waals surface area contributed by atoms with E-state index in [9.17, 15) is 9.59 Å². The third kappa shape index (κ3) is 4.52. The third-order valence-corrected chi connectivity index (χ3v) is 5.40. The minimum absolute atomic E-state index is 0.0757. The van der Waals surface area contributed by atoms with E-state index >= 15 is 0 Å². The van der Waals surface area contributed by atoms with E-state index in [1.54, 1.807) is 6.08 Å². The Hall–Kier alpha value is -2.14. The highest BCUT2D eigenvalue weighted by Crippen LogP contribution is 2.35. The Bertz CT molecular complexity index is 655. The van der Waals surface area contributed by atoms with Gasteiger partial charge in [-0.15, -0.1) is 0 Å². The van der Waals surface area contributed by atoms with Crippen LogP contribution < -0.4 is 5.32 Å². The summed E-state index contributed by atoms with van der Waals surface area (Å²) in [6.07, 6.45) is 10.3. The predicted molar refractivity (Wildman–Crippen MR) is 99.3 cm³/mol. The molecule has 2 aliphatic rings. The van der Waals surface area contributed by atoms with Crippen LogP contribution in [-0.4, -0.2) is 30.7 Å². The minimum atomic E-state index is -0.508. The summed E-state index contributed by atoms with van der Waals surface area (Å²) in [5.41, 5.74) is 1.52. The Labute approximate surface area is 154 Å². The first-order valence-corrected chi connectivity index (χ1v) is 9.42. The summed E-state index contributed by atoms with van der Waals surface area (Å²) in [5.74, 6) is -0.447. The molecule has 0 aromatic heterocycles. The molecule has 140 valence electrons. The Morgan fingerprint density at radius 2 is 1.85 bits per heavy atom. The van der Waals surface area contributed by atoms with Gasteiger partial charge in [0.1, 0.15) is 11.6 Å². The molecule has 5 heteroatoms. The topological polar surface area (TPSA) is 64.6 Å². The van der Waals surface area contributed by atoms with Crippen LogP contribution in [0.1, 0.15) is 56.1 Å². The van der Waals surface area contributed by atoms with Crippen LogP contribution >= 0.6 is 0 Å². The predicted octanol–water partition coefficient (Wildman–Crippen LogP) is 3.37. The zero-order valence-corrected chi connectivity index (χ0v) is 15.3. The molecule has 1 N–H and O–H groups in total. The molecule has 2 saturated carbocycles. The molecule has 0 amide bonds. The smallest absolute Gasteiger partial charge is 0.330 e. The zero-order valence-electron chi connectivity index (χ0n) is 15.3. The number of nitrogens with one attached hydrogen (secondary N) is 1. The maximum Gasteiger partial charge on any atom is 0.330 e. The van der Waals surface area contributed by atoms with Gasteiger partial charge in [0, 0.05) is 12.6 Å². The van der Waals surface area contributed by atoms with Crippen molar-refractivity contribution in [2.24, 2.45) is 0 Å². The molecule has 0 heterocycles. The van der Waals surface area contributed by atoms with Crippen LogP contribution in [0.2, 0.25) is 0 Å². The van der Waals surface area contributed by atoms with Gasteiger partial charge in [0.15, 0.2) is 0 Å². The summed E-state index contributed by atoms with van der Waals surface area (Å²) in [6, 6.07) is 7.89. The van der Waals surface area contributed by atoms with Crippen LogP contribution in [0.3, 0.4) is 0 Å². The number of methoxy groups -OCH3 is 1. The molecule has 1 aromatic rings. The Morgan fingerprint density at radius 1 is 1.15 bits per heavy atom. The van der Waals surface area contributed by atoms with E-state index in [2.05, 4.69) is 10.1 Å². The molecular weight excluding hydrogens is 330 g/mol. The average molecular weight is 357 g/mol. The lowest BCUT2D eigenvalue weighted by molar-refractivity contribution is -0.161. The molecule has 0 spiro atoms. The van der Waals surface area contributed by atoms with Gasteiger partial charge in [-0.1, -0.05) is 24.3 Å². The lowest BCUT2D eigenvalue weighted by Gasteiger charge is -2.40. The third-order valence-electron chi connectivity index (χ3n) is 5.40. The van der Waals surface area contributed by atoms with E-state index < -0.39 is 5.54 Å². The van der Waals surface area contributed by atoms with Crippen molar-refractivity contribution in [3.05, 3.63) is 41.5 Å². The molecule has 0 radical (unpaired) electrons. The maximum absolute atomic E-state index is 12.6. The molecule has 5 nitrogen and oxygen atoms in total. The summed E-state index contributed by atoms with van der Waals surface area (Å²) in [5, 5.41) is 3.43. The number of rotatable bonds is 7. The lowest BCUT2D eigenvalue weighted by atomic mass is 9.76. The van der Waals surface area contributed by atoms with Crippen LogP contribution in [0.5, 0.6) is 0 Å². The summed E-state index contributed by atoms with van der Waals surface area (Å²) >= 11 is 0. The van der Waals surface area contributed by atoms with Gasteiger partial charge in [0.05, 0.1) is 7.11 Å². The van der Waals surface area contributed by atoms with Gasteiger partial charge < -0.3 is 9.47 Å². The molecular formula is C21H27NO4. The average Bonchev–Trinajstić information content (AvgIpc) is 3.12. The van der Waals surface area contributed by atoms with E-state index in [-0.39, 0.29) is 18.0 Å². The van der Waals surface area contributed by atoms with Crippen molar-refractivity contribution in [1.29, 1.82) is 0 Å². The van der Waals surface area contributed by atoms with Crippen molar-refractivity contribution >= 4 is 18.0 Å². The van der Waals surface area contributed by atoms with Crippen molar-refractivity contribution < 1.29 is 19.1 Å². The summed E-state index contributed by atoms with van der Waals surface area (Å²) in [7, 11) is 1.36. The maximum atomic E-state index is 12.6. The number of hydrogen-bond acceptors (Lipinski definition) is 5. The molecule has 3 rings (SSSR count). The van der Waals surface area contributed by atoms with Crippen LogP contribution in [0.15, 0.2) is 30.3 Å². The standard InChI is InChI=1S/C21H27NO4/c1-25-19(23)12-11-16-7-9-17(10-8-16)15-22-21(13-4-14-21)20(24)26-18-5-2-3-6-18/h7-12,18,22H,2-6,13-15H2,1H3. The highest BCUT2D eigenvalue weighted by Gasteiger charge is 2.46. The fourth-order valence-corrected chi connectivity index (χ4v) is 3.50. The first-order chi connectivity index (χ1) is 12.6. The summed E-state index contributed by atoms with van der Waals surface area (Å²) in [4.78, 5) is 23.7. The Morgan fingerprint density at radius 3 is 2.42 bits per heavy atom. The van der Waals surface area contributed by atoms with E-state index in [0.717, 1.165) is 56.1 Å². The number of ether oxygens (including phenoxy) is 2. The monoisotopic (exact) mass is 357 g/mol. The number of hydrogen-bond donors (Lipinski definition) is 1. The van der Waals surface area contributed by atoms with Gasteiger partial charge in [-0.05, 0) is 62.1 Å². The van der Waals surface area contributed by atoms with Crippen molar-refractivity contribution in [2.75, 3.05) is 7.11 Å². The van der Waals surface area contributed by atoms with Gasteiger partial charge in [0.25, 0.3) is 0 Å². The second-order valence-electron chi connectivity index (χ2n) is 7.20. The fourth-order valence-electron chi connectivity index (χ4n) is 3.50. The van der Waals surface area contributed by atoms with Crippen molar-refractivity contribution in [2.45, 2.75) is 63.1 Å². The minimum Gasteiger partial charge on any atom is -0.466 e. The highest BCUT2D eigenvalue weighted by atomic mass is 16.5. The number of carbonyl (C=O) groups is 2. The Kier molecular flexibility index (Phi) is 6.09. The van der Waals surface area contributed by atoms with Crippen LogP contribution in [0.4, 0.5) is 0 Å². The molecule has 2 aliphatic carbocycles. The molecule has 26 heavy (non-hydrogen) atoms. The van der Waals surface area contributed by atoms with Crippen LogP contribution in [-0.2, 0) is 25.6 Å². The van der Waals surface area contributed by atoms with Crippen molar-refractivity contribution in [1.82, 2.24) is 5.32 Å². The second kappa shape index (κ2) is 8.49. The summed E-state index contributed by atoms with van der Waals surface area (Å²) in [6.45, 7) is 0.626. The van der Waals surface area contributed by atoms with Gasteiger partial charge in [-0.25, -0.2) is 4.79 Å². The molecule has 2 fully saturated rings. The number of esters is 2. The molecule has 0 atom stereocenters. The largest absolute Gasteiger partial charge is 0.466 e. The number of carbonyl (C=O) groups excluding carboxylic acids is 2. The zero-order chi connectivity index (χ0) is 18.4. The molecule has 0 bridgehead atoms. The van der Waals surface area contributed by atoms with E-state index in [0.29, 0.717) is 6.54 Å². The Balaban J connectivity index is 1.54. The highest BCUT2D eigenvalue weighted by molar-refractivity contribution is 5.86. The van der Waals surface area contributed by atoms with Crippen molar-refractivity contribution in [3.8, 4) is 0 Å². The molecule has 0 unspecified atom stereocenters. The second-order valence-corrected chi connectivity index (χ2v) is 7.20. The first-order valence-electron chi connectivity index (χ1n) is 9.42. The number of benzene rings is 1. The van der Waals surface area contributed by atoms with E-state index in [4.69, 9.17) is 4.74 Å². The molecule has 0 aliphatic heterocycles. The van der Waals surface area contributed by atoms with E-state index in [1.165, 1.54) is 13.2 Å². The van der Waals surface area contributed by atoms with Crippen LogP contribution in [0.25, 0.3) is 6.08 Å². The molecule has 1 aromatic carbocycles. The van der Waals surface area contributed by atoms with Gasteiger partial charge in [-0.2, -0.15) is 0 Å². The van der Waals surface area contributed by atoms with Crippen molar-refractivity contribution in [3.63, 3.8) is 0 Å². The quantitative estimate of drug-likeness (QED) is 0.599. The molecule has 0 saturated heterocycles. The SMILES string of the molecule is COC(=O)C=Cc1ccc(CNC2(C(=O)OC3CCCC3)CCC2)cc1. The van der Waals surface area contributed by atoms with E-state index in [1.807, 2.05) is 24.3 Å². The van der Waals surface area contributed by atoms with Crippen LogP contribution in [0, 0.1) is 0 Å². The van der Waals surface area contributed by atoms with Gasteiger partial charge in [0.2, 0.25) is 0 Å². The fraction of sp³-hybridized carbons (Fsp3) is 0.524. The lowest BCUT2D eigenvalue weighted by Crippen LogP contribution is -2.58. The normalized spacial score (nSPS) is 19.3. The first kappa shape index (κ1) is 18.6.